The Morgan fingerprint density at radius 1 is 1.20 bits per heavy atom. The summed E-state index contributed by atoms with van der Waals surface area (Å²) in [5.74, 6) is -0.294. The quantitative estimate of drug-likeness (QED) is 0.568. The maximum Gasteiger partial charge on any atom is 0.153 e. The number of benzene rings is 1. The van der Waals surface area contributed by atoms with Gasteiger partial charge in [0.1, 0.15) is 11.3 Å². The number of nitrogens with zero attached hydrogens (tertiary/aromatic N) is 2. The van der Waals surface area contributed by atoms with Crippen LogP contribution < -0.4 is 0 Å². The predicted octanol–water partition coefficient (Wildman–Crippen LogP) is 3.28. The molecule has 0 fully saturated rings. The van der Waals surface area contributed by atoms with Crippen molar-refractivity contribution in [2.24, 2.45) is 0 Å². The van der Waals surface area contributed by atoms with Crippen LogP contribution in [0.15, 0.2) is 36.5 Å². The van der Waals surface area contributed by atoms with Gasteiger partial charge < -0.3 is 4.40 Å². The molecule has 0 saturated carbocycles. The number of halogens is 2. The Kier molecular flexibility index (Phi) is 1.70. The Morgan fingerprint density at radius 2 is 2.07 bits per heavy atom. The molecular formula is C11H6ClFN2. The van der Waals surface area contributed by atoms with Gasteiger partial charge in [-0.25, -0.2) is 9.37 Å². The van der Waals surface area contributed by atoms with E-state index in [1.54, 1.807) is 28.8 Å². The standard InChI is InChI=1S/C11H6ClFN2/c12-11-9-5-2-6-15(9)10-7(13)3-1-4-8(10)14-11/h1-6H. The molecule has 0 spiro atoms. The summed E-state index contributed by atoms with van der Waals surface area (Å²) < 4.78 is 15.3. The highest BCUT2D eigenvalue weighted by Crippen LogP contribution is 2.23. The number of rotatable bonds is 0. The fraction of sp³-hybridized carbons (Fsp3) is 0. The van der Waals surface area contributed by atoms with Crippen molar-refractivity contribution in [3.8, 4) is 0 Å². The van der Waals surface area contributed by atoms with Crippen molar-refractivity contribution >= 4 is 28.2 Å². The van der Waals surface area contributed by atoms with E-state index in [1.165, 1.54) is 6.07 Å². The van der Waals surface area contributed by atoms with Crippen LogP contribution in [0.25, 0.3) is 16.6 Å². The summed E-state index contributed by atoms with van der Waals surface area (Å²) in [6.45, 7) is 0. The maximum absolute atomic E-state index is 13.6. The summed E-state index contributed by atoms with van der Waals surface area (Å²) >= 11 is 5.98. The van der Waals surface area contributed by atoms with E-state index >= 15 is 0 Å². The molecule has 0 amide bonds. The molecule has 0 aliphatic carbocycles. The van der Waals surface area contributed by atoms with Gasteiger partial charge in [0.15, 0.2) is 5.15 Å². The molecule has 0 aliphatic rings. The van der Waals surface area contributed by atoms with Gasteiger partial charge in [-0.3, -0.25) is 0 Å². The zero-order chi connectivity index (χ0) is 10.4. The molecule has 3 rings (SSSR count). The van der Waals surface area contributed by atoms with E-state index in [0.717, 1.165) is 0 Å². The van der Waals surface area contributed by atoms with Crippen molar-refractivity contribution < 1.29 is 4.39 Å². The lowest BCUT2D eigenvalue weighted by Gasteiger charge is -2.04. The van der Waals surface area contributed by atoms with Gasteiger partial charge in [0.25, 0.3) is 0 Å². The van der Waals surface area contributed by atoms with Crippen molar-refractivity contribution in [3.05, 3.63) is 47.5 Å². The van der Waals surface area contributed by atoms with E-state index in [9.17, 15) is 4.39 Å². The lowest BCUT2D eigenvalue weighted by molar-refractivity contribution is 0.635. The molecule has 3 aromatic rings. The average Bonchev–Trinajstić information content (AvgIpc) is 2.66. The van der Waals surface area contributed by atoms with E-state index in [0.29, 0.717) is 21.7 Å². The highest BCUT2D eigenvalue weighted by molar-refractivity contribution is 6.33. The highest BCUT2D eigenvalue weighted by Gasteiger charge is 2.08. The molecule has 4 heteroatoms. The molecule has 2 heterocycles. The van der Waals surface area contributed by atoms with Gasteiger partial charge >= 0.3 is 0 Å². The fourth-order valence-corrected chi connectivity index (χ4v) is 1.98. The monoisotopic (exact) mass is 220 g/mol. The molecule has 0 radical (unpaired) electrons. The first-order chi connectivity index (χ1) is 7.27. The number of aromatic nitrogens is 2. The Bertz CT molecular complexity index is 660. The van der Waals surface area contributed by atoms with Crippen LogP contribution >= 0.6 is 11.6 Å². The second kappa shape index (κ2) is 2.94. The van der Waals surface area contributed by atoms with Crippen molar-refractivity contribution in [2.75, 3.05) is 0 Å². The first kappa shape index (κ1) is 8.68. The van der Waals surface area contributed by atoms with Gasteiger partial charge in [-0.15, -0.1) is 0 Å². The topological polar surface area (TPSA) is 17.3 Å². The molecule has 1 aromatic carbocycles. The number of fused-ring (bicyclic) bond motifs is 3. The maximum atomic E-state index is 13.6. The molecule has 0 N–H and O–H groups in total. The summed E-state index contributed by atoms with van der Waals surface area (Å²) in [6, 6.07) is 8.40. The first-order valence-corrected chi connectivity index (χ1v) is 4.86. The largest absolute Gasteiger partial charge is 0.310 e. The third-order valence-corrected chi connectivity index (χ3v) is 2.66. The third-order valence-electron chi connectivity index (χ3n) is 2.39. The van der Waals surface area contributed by atoms with Gasteiger partial charge in [-0.2, -0.15) is 0 Å². The lowest BCUT2D eigenvalue weighted by atomic mass is 10.3. The average molecular weight is 221 g/mol. The minimum absolute atomic E-state index is 0.294. The number of hydrogen-bond donors (Lipinski definition) is 0. The summed E-state index contributed by atoms with van der Waals surface area (Å²) in [5.41, 5.74) is 1.74. The van der Waals surface area contributed by atoms with Crippen LogP contribution in [-0.2, 0) is 0 Å². The molecule has 2 aromatic heterocycles. The molecule has 15 heavy (non-hydrogen) atoms. The van der Waals surface area contributed by atoms with Crippen LogP contribution in [0, 0.1) is 5.82 Å². The van der Waals surface area contributed by atoms with Gasteiger partial charge in [0.2, 0.25) is 0 Å². The van der Waals surface area contributed by atoms with Crippen LogP contribution in [0.1, 0.15) is 0 Å². The van der Waals surface area contributed by atoms with Gasteiger partial charge in [-0.1, -0.05) is 17.7 Å². The minimum atomic E-state index is -0.294. The van der Waals surface area contributed by atoms with Crippen LogP contribution in [0.4, 0.5) is 4.39 Å². The third kappa shape index (κ3) is 1.13. The Hall–Kier alpha value is -1.61. The highest BCUT2D eigenvalue weighted by atomic mass is 35.5. The smallest absolute Gasteiger partial charge is 0.153 e. The summed E-state index contributed by atoms with van der Waals surface area (Å²) in [4.78, 5) is 4.14. The molecule has 0 unspecified atom stereocenters. The van der Waals surface area contributed by atoms with Gasteiger partial charge in [-0.05, 0) is 24.3 Å². The van der Waals surface area contributed by atoms with Crippen LogP contribution in [0.5, 0.6) is 0 Å². The van der Waals surface area contributed by atoms with Gasteiger partial charge in [0.05, 0.1) is 11.0 Å². The summed E-state index contributed by atoms with van der Waals surface area (Å²) in [5, 5.41) is 0.387. The number of para-hydroxylation sites is 1. The molecule has 0 atom stereocenters. The van der Waals surface area contributed by atoms with Crippen LogP contribution in [-0.4, -0.2) is 9.38 Å². The first-order valence-electron chi connectivity index (χ1n) is 4.48. The fourth-order valence-electron chi connectivity index (χ4n) is 1.74. The Labute approximate surface area is 89.9 Å². The Balaban J connectivity index is 2.68. The molecular weight excluding hydrogens is 215 g/mol. The normalized spacial score (nSPS) is 11.3. The van der Waals surface area contributed by atoms with Crippen molar-refractivity contribution in [3.63, 3.8) is 0 Å². The Morgan fingerprint density at radius 3 is 2.93 bits per heavy atom. The van der Waals surface area contributed by atoms with Crippen LogP contribution in [0.3, 0.4) is 0 Å². The van der Waals surface area contributed by atoms with E-state index < -0.39 is 0 Å². The summed E-state index contributed by atoms with van der Waals surface area (Å²) in [7, 11) is 0. The van der Waals surface area contributed by atoms with Crippen molar-refractivity contribution in [1.29, 1.82) is 0 Å². The summed E-state index contributed by atoms with van der Waals surface area (Å²) in [6.07, 6.45) is 1.77. The predicted molar refractivity (Wildman–Crippen MR) is 57.7 cm³/mol. The molecule has 2 nitrogen and oxygen atoms in total. The second-order valence-corrected chi connectivity index (χ2v) is 3.63. The van der Waals surface area contributed by atoms with E-state index in [4.69, 9.17) is 11.6 Å². The zero-order valence-electron chi connectivity index (χ0n) is 7.61. The zero-order valence-corrected chi connectivity index (χ0v) is 8.37. The van der Waals surface area contributed by atoms with Crippen molar-refractivity contribution in [1.82, 2.24) is 9.38 Å². The molecule has 0 saturated heterocycles. The van der Waals surface area contributed by atoms with Crippen molar-refractivity contribution in [2.45, 2.75) is 0 Å². The van der Waals surface area contributed by atoms with Gasteiger partial charge in [0, 0.05) is 6.20 Å². The SMILES string of the molecule is Fc1cccc2nc(Cl)c3cccn3c12. The second-order valence-electron chi connectivity index (χ2n) is 3.27. The van der Waals surface area contributed by atoms with E-state index in [-0.39, 0.29) is 5.82 Å². The molecule has 0 aliphatic heterocycles. The van der Waals surface area contributed by atoms with E-state index in [2.05, 4.69) is 4.98 Å². The van der Waals surface area contributed by atoms with Crippen LogP contribution in [0.2, 0.25) is 5.15 Å². The molecule has 0 bridgehead atoms. The van der Waals surface area contributed by atoms with E-state index in [1.807, 2.05) is 6.07 Å². The molecule has 74 valence electrons. The number of hydrogen-bond acceptors (Lipinski definition) is 1. The lowest BCUT2D eigenvalue weighted by Crippen LogP contribution is -1.93. The minimum Gasteiger partial charge on any atom is -0.310 e.